The molecule has 1 unspecified atom stereocenters. The smallest absolute Gasteiger partial charge is 0.331 e. The van der Waals surface area contributed by atoms with Crippen LogP contribution in [0.2, 0.25) is 0 Å². The van der Waals surface area contributed by atoms with Crippen LogP contribution in [-0.2, 0) is 23.8 Å². The number of aliphatic carboxylic acids is 1. The van der Waals surface area contributed by atoms with Crippen molar-refractivity contribution in [2.24, 2.45) is 0 Å². The fourth-order valence-corrected chi connectivity index (χ4v) is 0.821. The van der Waals surface area contributed by atoms with Gasteiger partial charge in [-0.05, 0) is 13.8 Å². The van der Waals surface area contributed by atoms with Gasteiger partial charge in [0.1, 0.15) is 0 Å². The molecular formula is C13H22O6. The van der Waals surface area contributed by atoms with E-state index in [1.54, 1.807) is 6.92 Å². The molecule has 0 heterocycles. The highest BCUT2D eigenvalue weighted by Gasteiger charge is 2.05. The highest BCUT2D eigenvalue weighted by Crippen LogP contribution is 2.01. The van der Waals surface area contributed by atoms with Gasteiger partial charge in [0.15, 0.2) is 6.29 Å². The monoisotopic (exact) mass is 274 g/mol. The fourth-order valence-electron chi connectivity index (χ4n) is 0.821. The average Bonchev–Trinajstić information content (AvgIpc) is 2.38. The molecule has 0 aliphatic carbocycles. The Morgan fingerprint density at radius 2 is 1.95 bits per heavy atom. The summed E-state index contributed by atoms with van der Waals surface area (Å²) in [4.78, 5) is 20.2. The minimum absolute atomic E-state index is 0.156. The van der Waals surface area contributed by atoms with Crippen molar-refractivity contribution in [1.29, 1.82) is 0 Å². The molecule has 0 aliphatic rings. The summed E-state index contributed by atoms with van der Waals surface area (Å²) in [5.41, 5.74) is 0.156. The summed E-state index contributed by atoms with van der Waals surface area (Å²) >= 11 is 0. The second-order valence-electron chi connectivity index (χ2n) is 3.28. The Kier molecular flexibility index (Phi) is 13.2. The minimum atomic E-state index is -0.979. The van der Waals surface area contributed by atoms with Crippen LogP contribution in [0.5, 0.6) is 0 Å². The van der Waals surface area contributed by atoms with Gasteiger partial charge < -0.3 is 19.3 Å². The molecule has 0 aromatic rings. The lowest BCUT2D eigenvalue weighted by molar-refractivity contribution is -0.136. The number of rotatable bonds is 8. The second-order valence-corrected chi connectivity index (χ2v) is 3.28. The number of hydrogen-bond donors (Lipinski definition) is 1. The number of ether oxygens (including phenoxy) is 3. The van der Waals surface area contributed by atoms with E-state index in [4.69, 9.17) is 14.6 Å². The largest absolute Gasteiger partial charge is 0.478 e. The minimum Gasteiger partial charge on any atom is -0.478 e. The fraction of sp³-hybridized carbons (Fsp3) is 0.538. The van der Waals surface area contributed by atoms with Gasteiger partial charge in [-0.15, -0.1) is 0 Å². The van der Waals surface area contributed by atoms with E-state index in [9.17, 15) is 9.59 Å². The van der Waals surface area contributed by atoms with Gasteiger partial charge in [0, 0.05) is 24.7 Å². The van der Waals surface area contributed by atoms with E-state index in [1.807, 2.05) is 6.92 Å². The number of methoxy groups -OCH3 is 1. The zero-order valence-electron chi connectivity index (χ0n) is 11.7. The molecule has 0 rings (SSSR count). The van der Waals surface area contributed by atoms with E-state index in [0.717, 1.165) is 6.08 Å². The number of carbonyl (C=O) groups is 2. The summed E-state index contributed by atoms with van der Waals surface area (Å²) in [6, 6.07) is 0. The van der Waals surface area contributed by atoms with Crippen molar-refractivity contribution in [1.82, 2.24) is 0 Å². The zero-order chi connectivity index (χ0) is 15.3. The molecule has 0 amide bonds. The highest BCUT2D eigenvalue weighted by molar-refractivity contribution is 5.85. The topological polar surface area (TPSA) is 82.1 Å². The Balaban J connectivity index is 0. The van der Waals surface area contributed by atoms with Gasteiger partial charge in [-0.1, -0.05) is 13.2 Å². The van der Waals surface area contributed by atoms with Gasteiger partial charge in [0.25, 0.3) is 0 Å². The quantitative estimate of drug-likeness (QED) is 0.412. The van der Waals surface area contributed by atoms with Crippen molar-refractivity contribution >= 4 is 11.9 Å². The first-order valence-electron chi connectivity index (χ1n) is 5.73. The molecule has 0 aliphatic heterocycles. The predicted octanol–water partition coefficient (Wildman–Crippen LogP) is 1.76. The summed E-state index contributed by atoms with van der Waals surface area (Å²) in [5.74, 6) is -1.37. The molecule has 6 nitrogen and oxygen atoms in total. The number of carbonyl (C=O) groups excluding carboxylic acids is 1. The van der Waals surface area contributed by atoms with Crippen LogP contribution in [0.1, 0.15) is 20.3 Å². The van der Waals surface area contributed by atoms with E-state index in [0.29, 0.717) is 19.6 Å². The predicted molar refractivity (Wildman–Crippen MR) is 70.6 cm³/mol. The van der Waals surface area contributed by atoms with E-state index in [-0.39, 0.29) is 11.9 Å². The Labute approximate surface area is 113 Å². The Morgan fingerprint density at radius 3 is 2.26 bits per heavy atom. The average molecular weight is 274 g/mol. The first-order valence-corrected chi connectivity index (χ1v) is 5.73. The Morgan fingerprint density at radius 1 is 1.37 bits per heavy atom. The lowest BCUT2D eigenvalue weighted by Crippen LogP contribution is -2.14. The first-order chi connectivity index (χ1) is 8.88. The van der Waals surface area contributed by atoms with E-state index >= 15 is 0 Å². The lowest BCUT2D eigenvalue weighted by Gasteiger charge is -2.12. The molecule has 0 aromatic heterocycles. The van der Waals surface area contributed by atoms with E-state index < -0.39 is 11.9 Å². The zero-order valence-corrected chi connectivity index (χ0v) is 11.7. The van der Waals surface area contributed by atoms with E-state index in [1.165, 1.54) is 7.11 Å². The molecule has 1 N–H and O–H groups in total. The number of carboxylic acids is 1. The van der Waals surface area contributed by atoms with Crippen molar-refractivity contribution < 1.29 is 28.9 Å². The normalized spacial score (nSPS) is 10.7. The van der Waals surface area contributed by atoms with Crippen LogP contribution < -0.4 is 0 Å². The van der Waals surface area contributed by atoms with Gasteiger partial charge in [0.05, 0.1) is 13.7 Å². The standard InChI is InChI=1S/C9H16O4.C4H6O2/c1-4-12-8(3)13-6-5-7(2)9(10)11;1-3-4(5)6-2/h8H,2,4-6H2,1,3H3,(H,10,11);3H,1H2,2H3. The van der Waals surface area contributed by atoms with Gasteiger partial charge >= 0.3 is 11.9 Å². The number of esters is 1. The van der Waals surface area contributed by atoms with Crippen molar-refractivity contribution in [3.05, 3.63) is 24.8 Å². The van der Waals surface area contributed by atoms with Gasteiger partial charge in [0.2, 0.25) is 0 Å². The van der Waals surface area contributed by atoms with Gasteiger partial charge in [-0.2, -0.15) is 0 Å². The van der Waals surface area contributed by atoms with Crippen LogP contribution in [-0.4, -0.2) is 43.7 Å². The van der Waals surface area contributed by atoms with Crippen molar-refractivity contribution in [3.8, 4) is 0 Å². The Bertz CT molecular complexity index is 298. The molecule has 0 saturated carbocycles. The summed E-state index contributed by atoms with van der Waals surface area (Å²) in [7, 11) is 1.31. The molecule has 6 heteroatoms. The molecule has 0 bridgehead atoms. The highest BCUT2D eigenvalue weighted by atomic mass is 16.7. The molecule has 0 aromatic carbocycles. The molecule has 0 radical (unpaired) electrons. The van der Waals surface area contributed by atoms with Gasteiger partial charge in [-0.3, -0.25) is 0 Å². The molecular weight excluding hydrogens is 252 g/mol. The number of carboxylic acid groups (broad SMARTS) is 1. The second kappa shape index (κ2) is 12.8. The molecule has 0 fully saturated rings. The molecule has 19 heavy (non-hydrogen) atoms. The summed E-state index contributed by atoms with van der Waals surface area (Å²) in [6.45, 7) is 11.1. The van der Waals surface area contributed by atoms with Crippen LogP contribution >= 0.6 is 0 Å². The van der Waals surface area contributed by atoms with Crippen LogP contribution in [0.3, 0.4) is 0 Å². The first kappa shape index (κ1) is 19.7. The SMILES string of the molecule is C=C(CCOC(C)OCC)C(=O)O.C=CC(=O)OC. The molecule has 0 spiro atoms. The Hall–Kier alpha value is -1.66. The third kappa shape index (κ3) is 14.3. The molecule has 110 valence electrons. The maximum absolute atomic E-state index is 10.3. The maximum Gasteiger partial charge on any atom is 0.331 e. The summed E-state index contributed by atoms with van der Waals surface area (Å²) in [5, 5.41) is 8.46. The van der Waals surface area contributed by atoms with Crippen molar-refractivity contribution in [2.75, 3.05) is 20.3 Å². The van der Waals surface area contributed by atoms with Crippen molar-refractivity contribution in [3.63, 3.8) is 0 Å². The third-order valence-corrected chi connectivity index (χ3v) is 1.83. The van der Waals surface area contributed by atoms with Crippen LogP contribution in [0, 0.1) is 0 Å². The van der Waals surface area contributed by atoms with Crippen LogP contribution in [0.15, 0.2) is 24.8 Å². The lowest BCUT2D eigenvalue weighted by atomic mass is 10.2. The summed E-state index contributed by atoms with van der Waals surface area (Å²) in [6.07, 6.45) is 1.15. The summed E-state index contributed by atoms with van der Waals surface area (Å²) < 4.78 is 14.4. The maximum atomic E-state index is 10.3. The van der Waals surface area contributed by atoms with Crippen molar-refractivity contribution in [2.45, 2.75) is 26.6 Å². The van der Waals surface area contributed by atoms with Gasteiger partial charge in [-0.25, -0.2) is 9.59 Å². The van der Waals surface area contributed by atoms with Crippen LogP contribution in [0.4, 0.5) is 0 Å². The molecule has 1 atom stereocenters. The number of hydrogen-bond acceptors (Lipinski definition) is 5. The molecule has 0 saturated heterocycles. The van der Waals surface area contributed by atoms with Crippen LogP contribution in [0.25, 0.3) is 0 Å². The third-order valence-electron chi connectivity index (χ3n) is 1.83. The van der Waals surface area contributed by atoms with E-state index in [2.05, 4.69) is 17.9 Å².